The van der Waals surface area contributed by atoms with Crippen LogP contribution in [-0.4, -0.2) is 17.5 Å². The van der Waals surface area contributed by atoms with E-state index in [1.165, 1.54) is 0 Å². The van der Waals surface area contributed by atoms with E-state index in [9.17, 15) is 4.79 Å². The molecular weight excluding hydrogens is 186 g/mol. The molecule has 0 fully saturated rings. The maximum atomic E-state index is 10.1. The van der Waals surface area contributed by atoms with Gasteiger partial charge in [-0.1, -0.05) is 30.4 Å². The van der Waals surface area contributed by atoms with E-state index in [-0.39, 0.29) is 0 Å². The molecule has 3 heteroatoms. The fraction of sp³-hybridized carbons (Fsp3) is 0.300. The third-order valence-corrected chi connectivity index (χ3v) is 2.13. The lowest BCUT2D eigenvalue weighted by molar-refractivity contribution is 0.556. The first kappa shape index (κ1) is 9.97. The van der Waals surface area contributed by atoms with Crippen LogP contribution in [0.3, 0.4) is 0 Å². The van der Waals surface area contributed by atoms with Crippen molar-refractivity contribution >= 4 is 17.7 Å². The molecule has 0 amide bonds. The maximum Gasteiger partial charge on any atom is 0.236 e. The number of halogens is 1. The average Bonchev–Trinajstić information content (AvgIpc) is 2.28. The molecule has 0 radical (unpaired) electrons. The van der Waals surface area contributed by atoms with Crippen molar-refractivity contribution in [3.8, 4) is 0 Å². The highest BCUT2D eigenvalue weighted by Crippen LogP contribution is 2.18. The van der Waals surface area contributed by atoms with Crippen LogP contribution < -0.4 is 0 Å². The zero-order chi connectivity index (χ0) is 9.73. The Morgan fingerprint density at radius 1 is 1.62 bits per heavy atom. The van der Waals surface area contributed by atoms with Gasteiger partial charge in [-0.15, -0.1) is 11.6 Å². The Morgan fingerprint density at radius 3 is 3.00 bits per heavy atom. The predicted octanol–water partition coefficient (Wildman–Crippen LogP) is 2.37. The molecule has 68 valence electrons. The van der Waals surface area contributed by atoms with Crippen molar-refractivity contribution in [2.45, 2.75) is 12.5 Å². The van der Waals surface area contributed by atoms with Crippen LogP contribution in [-0.2, 0) is 4.79 Å². The Balaban J connectivity index is 2.94. The van der Waals surface area contributed by atoms with Gasteiger partial charge >= 0.3 is 0 Å². The van der Waals surface area contributed by atoms with Gasteiger partial charge < -0.3 is 0 Å². The van der Waals surface area contributed by atoms with E-state index >= 15 is 0 Å². The quantitative estimate of drug-likeness (QED) is 0.378. The van der Waals surface area contributed by atoms with Gasteiger partial charge in [0.05, 0.1) is 0 Å². The van der Waals surface area contributed by atoms with Gasteiger partial charge in [-0.2, -0.15) is 4.99 Å². The van der Waals surface area contributed by atoms with Crippen LogP contribution in [0.1, 0.15) is 6.92 Å². The van der Waals surface area contributed by atoms with Gasteiger partial charge in [-0.3, -0.25) is 0 Å². The molecule has 0 aliphatic heterocycles. The Hall–Kier alpha value is -1.11. The zero-order valence-electron chi connectivity index (χ0n) is 7.33. The maximum absolute atomic E-state index is 10.1. The summed E-state index contributed by atoms with van der Waals surface area (Å²) in [7, 11) is 0. The molecule has 1 unspecified atom stereocenters. The smallest absolute Gasteiger partial charge is 0.211 e. The van der Waals surface area contributed by atoms with Gasteiger partial charge in [-0.25, -0.2) is 4.79 Å². The van der Waals surface area contributed by atoms with E-state index in [4.69, 9.17) is 11.6 Å². The molecule has 1 rings (SSSR count). The summed E-state index contributed by atoms with van der Waals surface area (Å²) in [4.78, 5) is 13.8. The van der Waals surface area contributed by atoms with Gasteiger partial charge in [-0.05, 0) is 12.5 Å². The van der Waals surface area contributed by atoms with E-state index in [0.717, 1.165) is 5.57 Å². The molecule has 0 aromatic rings. The number of alkyl halides is 1. The highest BCUT2D eigenvalue weighted by molar-refractivity contribution is 6.19. The minimum Gasteiger partial charge on any atom is -0.211 e. The zero-order valence-corrected chi connectivity index (χ0v) is 8.08. The number of nitrogens with zero attached hydrogens (tertiary/aromatic N) is 1. The Labute approximate surface area is 82.3 Å². The minimum atomic E-state index is -0.577. The third kappa shape index (κ3) is 2.69. The van der Waals surface area contributed by atoms with E-state index in [1.807, 2.05) is 37.3 Å². The summed E-state index contributed by atoms with van der Waals surface area (Å²) in [5.41, 5.74) is 0.425. The van der Waals surface area contributed by atoms with Crippen molar-refractivity contribution in [2.75, 3.05) is 5.88 Å². The summed E-state index contributed by atoms with van der Waals surface area (Å²) >= 11 is 5.66. The summed E-state index contributed by atoms with van der Waals surface area (Å²) in [6.07, 6.45) is 10.8. The average molecular weight is 196 g/mol. The minimum absolute atomic E-state index is 0.460. The molecule has 0 heterocycles. The van der Waals surface area contributed by atoms with Crippen LogP contribution >= 0.6 is 11.6 Å². The van der Waals surface area contributed by atoms with Crippen molar-refractivity contribution < 1.29 is 4.79 Å². The first-order valence-corrected chi connectivity index (χ1v) is 4.46. The molecule has 0 bridgehead atoms. The summed E-state index contributed by atoms with van der Waals surface area (Å²) in [6, 6.07) is 0. The summed E-state index contributed by atoms with van der Waals surface area (Å²) in [5.74, 6) is 0.460. The van der Waals surface area contributed by atoms with E-state index in [2.05, 4.69) is 4.99 Å². The number of isocyanates is 1. The van der Waals surface area contributed by atoms with Gasteiger partial charge in [0, 0.05) is 5.88 Å². The fourth-order valence-electron chi connectivity index (χ4n) is 1.02. The first-order valence-electron chi connectivity index (χ1n) is 3.93. The summed E-state index contributed by atoms with van der Waals surface area (Å²) < 4.78 is 0. The third-order valence-electron chi connectivity index (χ3n) is 1.82. The second kappa shape index (κ2) is 4.22. The Morgan fingerprint density at radius 2 is 2.38 bits per heavy atom. The molecule has 1 atom stereocenters. The molecule has 2 nitrogen and oxygen atoms in total. The topological polar surface area (TPSA) is 29.4 Å². The molecule has 13 heavy (non-hydrogen) atoms. The predicted molar refractivity (Wildman–Crippen MR) is 53.6 cm³/mol. The van der Waals surface area contributed by atoms with Crippen molar-refractivity contribution in [1.82, 2.24) is 0 Å². The van der Waals surface area contributed by atoms with Gasteiger partial charge in [0.1, 0.15) is 5.54 Å². The number of hydrogen-bond acceptors (Lipinski definition) is 2. The van der Waals surface area contributed by atoms with E-state index in [0.29, 0.717) is 5.88 Å². The lowest BCUT2D eigenvalue weighted by atomic mass is 10.0. The standard InChI is InChI=1S/C10H10ClNO/c1-10(12-8-13)5-2-3-9(7-11)4-6-10/h2-6H,7H2,1H3. The number of allylic oxidation sites excluding steroid dienone is 4. The van der Waals surface area contributed by atoms with Crippen molar-refractivity contribution in [2.24, 2.45) is 4.99 Å². The molecule has 0 aromatic carbocycles. The monoisotopic (exact) mass is 195 g/mol. The van der Waals surface area contributed by atoms with Crippen LogP contribution in [0.15, 0.2) is 40.9 Å². The van der Waals surface area contributed by atoms with Crippen molar-refractivity contribution in [3.05, 3.63) is 36.0 Å². The number of carbonyl (C=O) groups excluding carboxylic acids is 1. The molecule has 1 aliphatic carbocycles. The van der Waals surface area contributed by atoms with Crippen molar-refractivity contribution in [1.29, 1.82) is 0 Å². The molecule has 0 aromatic heterocycles. The summed E-state index contributed by atoms with van der Waals surface area (Å²) in [6.45, 7) is 1.83. The van der Waals surface area contributed by atoms with E-state index in [1.54, 1.807) is 6.08 Å². The molecule has 0 spiro atoms. The van der Waals surface area contributed by atoms with Crippen LogP contribution in [0, 0.1) is 0 Å². The highest BCUT2D eigenvalue weighted by Gasteiger charge is 2.15. The van der Waals surface area contributed by atoms with Crippen LogP contribution in [0.2, 0.25) is 0 Å². The van der Waals surface area contributed by atoms with Crippen LogP contribution in [0.25, 0.3) is 0 Å². The SMILES string of the molecule is CC1(N=C=O)C=CC=C(CCl)C=C1. The molecule has 1 aliphatic rings. The van der Waals surface area contributed by atoms with Gasteiger partial charge in [0.15, 0.2) is 0 Å². The summed E-state index contributed by atoms with van der Waals surface area (Å²) in [5, 5.41) is 0. The second-order valence-electron chi connectivity index (χ2n) is 3.00. The molecule has 0 saturated carbocycles. The van der Waals surface area contributed by atoms with Gasteiger partial charge in [0.25, 0.3) is 0 Å². The normalized spacial score (nSPS) is 26.2. The number of rotatable bonds is 2. The Kier molecular flexibility index (Phi) is 3.24. The molecular formula is C10H10ClNO. The molecule has 0 saturated heterocycles. The largest absolute Gasteiger partial charge is 0.236 e. The lowest BCUT2D eigenvalue weighted by Crippen LogP contribution is -2.13. The highest BCUT2D eigenvalue weighted by atomic mass is 35.5. The van der Waals surface area contributed by atoms with E-state index < -0.39 is 5.54 Å². The van der Waals surface area contributed by atoms with Crippen LogP contribution in [0.5, 0.6) is 0 Å². The number of aliphatic imine (C=N–C) groups is 1. The first-order chi connectivity index (χ1) is 6.20. The van der Waals surface area contributed by atoms with Crippen LogP contribution in [0.4, 0.5) is 0 Å². The number of hydrogen-bond donors (Lipinski definition) is 0. The fourth-order valence-corrected chi connectivity index (χ4v) is 1.19. The van der Waals surface area contributed by atoms with Crippen molar-refractivity contribution in [3.63, 3.8) is 0 Å². The Bertz CT molecular complexity index is 324. The second-order valence-corrected chi connectivity index (χ2v) is 3.26. The molecule has 0 N–H and O–H groups in total. The lowest BCUT2D eigenvalue weighted by Gasteiger charge is -2.11. The van der Waals surface area contributed by atoms with Gasteiger partial charge in [0.2, 0.25) is 6.08 Å².